The van der Waals surface area contributed by atoms with Gasteiger partial charge >= 0.3 is 0 Å². The van der Waals surface area contributed by atoms with Gasteiger partial charge in [-0.15, -0.1) is 0 Å². The number of aryl methyl sites for hydroxylation is 14. The fourth-order valence-electron chi connectivity index (χ4n) is 19.4. The number of aromatic nitrogens is 8. The largest absolute Gasteiger partial charge is 0.437 e. The Kier molecular flexibility index (Phi) is 19.8. The molecule has 24 rings (SSSR count). The minimum absolute atomic E-state index is 0.238. The van der Waals surface area contributed by atoms with E-state index in [0.717, 1.165) is 177 Å². The third-order valence-corrected chi connectivity index (χ3v) is 26.1. The lowest BCUT2D eigenvalue weighted by atomic mass is 9.91. The van der Waals surface area contributed by atoms with E-state index in [-0.39, 0.29) is 5.82 Å². The van der Waals surface area contributed by atoms with E-state index in [1.54, 1.807) is 12.4 Å². The number of hydrogen-bond donors (Lipinski definition) is 0. The second-order valence-corrected chi connectivity index (χ2v) is 34.6. The summed E-state index contributed by atoms with van der Waals surface area (Å²) in [7, 11) is 8.12. The summed E-state index contributed by atoms with van der Waals surface area (Å²) < 4.78 is 72.4. The molecule has 0 atom stereocenters. The number of pyridine rings is 8. The van der Waals surface area contributed by atoms with Gasteiger partial charge in [0.1, 0.15) is 34.0 Å². The Balaban J connectivity index is 0.000000107. The van der Waals surface area contributed by atoms with Gasteiger partial charge in [-0.25, -0.2) is 42.6 Å². The highest BCUT2D eigenvalue weighted by Crippen LogP contribution is 2.49. The Morgan fingerprint density at radius 2 is 0.580 bits per heavy atom. The van der Waals surface area contributed by atoms with Crippen LogP contribution in [0.15, 0.2) is 340 Å². The number of halogens is 1. The first-order valence-corrected chi connectivity index (χ1v) is 44.2. The molecule has 0 saturated carbocycles. The van der Waals surface area contributed by atoms with Crippen LogP contribution in [0.3, 0.4) is 0 Å². The molecule has 13 heteroatoms. The van der Waals surface area contributed by atoms with Crippen molar-refractivity contribution in [2.24, 2.45) is 28.2 Å². The van der Waals surface area contributed by atoms with E-state index in [0.29, 0.717) is 34.0 Å². The Bertz CT molecular complexity index is 8650. The van der Waals surface area contributed by atoms with E-state index in [1.807, 2.05) is 137 Å². The normalized spacial score (nSPS) is 12.1. The SMILES string of the molecule is Cc1ccc(-c2cc[n+](C)c(-c3c(C)c4ccccc4c4c3oc3nc(C)ccc34)c2)cc1.Cc1ccc2c(n1)oc1c(-c3cc(-c4ccc(F)cc4)cc[n+]3C)c(C)c3ccccc3c12.Cc1ccc2c(n1)oc1c(-c3cc(-c4ccccc4)cc[n+]3C)c(C)c3ccccc3c12.[2H]C([2H])([2H])c1c[n+](C)c(-c2c(C)c3ccccc3c3c2oc2ncccc23)cc1-c1ccc(C)cc1. The van der Waals surface area contributed by atoms with Crippen molar-refractivity contribution in [3.63, 3.8) is 0 Å². The maximum absolute atomic E-state index is 13.5. The third kappa shape index (κ3) is 14.4. The van der Waals surface area contributed by atoms with Crippen LogP contribution in [0.1, 0.15) is 60.1 Å². The molecule has 0 bridgehead atoms. The van der Waals surface area contributed by atoms with Crippen molar-refractivity contribution < 1.29 is 44.4 Å². The van der Waals surface area contributed by atoms with Crippen molar-refractivity contribution in [1.82, 2.24) is 19.9 Å². The van der Waals surface area contributed by atoms with Crippen molar-refractivity contribution in [1.29, 1.82) is 0 Å². The summed E-state index contributed by atoms with van der Waals surface area (Å²) in [5.74, 6) is -0.238. The van der Waals surface area contributed by atoms with Gasteiger partial charge < -0.3 is 17.7 Å². The Morgan fingerprint density at radius 3 is 0.947 bits per heavy atom. The minimum Gasteiger partial charge on any atom is -0.437 e. The molecule has 0 unspecified atom stereocenters. The first-order valence-electron chi connectivity index (χ1n) is 45.7. The zero-order valence-corrected chi connectivity index (χ0v) is 75.2. The van der Waals surface area contributed by atoms with Gasteiger partial charge in [0.05, 0.1) is 22.3 Å². The summed E-state index contributed by atoms with van der Waals surface area (Å²) in [6.45, 7) is 16.5. The number of benzene rings is 12. The molecule has 0 N–H and O–H groups in total. The molecule has 12 heterocycles. The van der Waals surface area contributed by atoms with Gasteiger partial charge in [-0.1, -0.05) is 199 Å². The van der Waals surface area contributed by atoms with E-state index in [1.165, 1.54) is 78.0 Å². The summed E-state index contributed by atoms with van der Waals surface area (Å²) in [6, 6.07) is 99.3. The van der Waals surface area contributed by atoms with E-state index < -0.39 is 6.85 Å². The second-order valence-electron chi connectivity index (χ2n) is 34.6. The topological polar surface area (TPSA) is 120 Å². The average molecular weight is 1710 g/mol. The summed E-state index contributed by atoms with van der Waals surface area (Å²) in [6.07, 6.45) is 9.78. The zero-order valence-electron chi connectivity index (χ0n) is 78.2. The second kappa shape index (κ2) is 33.0. The van der Waals surface area contributed by atoms with Gasteiger partial charge in [0.25, 0.3) is 0 Å². The molecule has 0 aliphatic rings. The number of furan rings is 4. The van der Waals surface area contributed by atoms with Crippen LogP contribution < -0.4 is 18.3 Å². The highest BCUT2D eigenvalue weighted by atomic mass is 19.1. The first-order chi connectivity index (χ1) is 64.9. The summed E-state index contributed by atoms with van der Waals surface area (Å²) in [5, 5.41) is 18.0. The van der Waals surface area contributed by atoms with Crippen LogP contribution >= 0.6 is 0 Å². The summed E-state index contributed by atoms with van der Waals surface area (Å²) in [4.78, 5) is 18.6. The van der Waals surface area contributed by atoms with Crippen molar-refractivity contribution in [2.75, 3.05) is 0 Å². The minimum atomic E-state index is -2.26. The van der Waals surface area contributed by atoms with Crippen molar-refractivity contribution in [3.05, 3.63) is 384 Å². The predicted octanol–water partition coefficient (Wildman–Crippen LogP) is 28.4. The lowest BCUT2D eigenvalue weighted by Crippen LogP contribution is -2.31. The standard InChI is InChI=1S/2C30H25N2O.C29H22FN2O.C29H23N2O/c1-18-11-13-21(14-12-18)25-16-26(32(4)17-19(25)2)27-20(3)22-8-5-6-9-23(22)28-24-10-7-15-31-30(24)33-29(27)28;1-18-9-12-21(13-10-18)22-15-16-32(4)26(17-22)27-20(3)23-7-5-6-8-24(23)28-25-14-11-19(2)31-30(25)33-29(27)28;1-17-8-13-24-27-23-7-5-4-6-22(23)18(2)26(28(27)33-29(24)31-17)25-16-20(14-15-32(25)3)19-9-11-21(30)12-10-19;1-18-13-14-24-27-23-12-8-7-11-22(23)19(2)26(28(27)32-29(24)30-18)25-17-21(15-16-31(25)3)20-9-5-4-6-10-20/h2*5-17H,1-4H3;4-16H,1-3H3;4-17H,1-3H3/q4*+1/i2D3;;;. The molecule has 0 radical (unpaired) electrons. The molecular formula is C118H95FN8O4+4. The fourth-order valence-corrected chi connectivity index (χ4v) is 19.4. The van der Waals surface area contributed by atoms with E-state index >= 15 is 0 Å². The molecule has 634 valence electrons. The summed E-state index contributed by atoms with van der Waals surface area (Å²) >= 11 is 0. The molecule has 0 fully saturated rings. The van der Waals surface area contributed by atoms with Gasteiger partial charge in [0.15, 0.2) is 47.1 Å². The van der Waals surface area contributed by atoms with Gasteiger partial charge in [-0.2, -0.15) is 0 Å². The summed E-state index contributed by atoms with van der Waals surface area (Å²) in [5.41, 5.74) is 32.9. The molecule has 0 amide bonds. The first kappa shape index (κ1) is 78.5. The van der Waals surface area contributed by atoms with Crippen LogP contribution in [0.25, 0.3) is 221 Å². The quantitative estimate of drug-likeness (QED) is 0.138. The van der Waals surface area contributed by atoms with E-state index in [4.69, 9.17) is 31.7 Å². The molecule has 24 aromatic rings. The molecule has 0 spiro atoms. The van der Waals surface area contributed by atoms with Gasteiger partial charge in [-0.3, -0.25) is 0 Å². The molecule has 0 aliphatic carbocycles. The van der Waals surface area contributed by atoms with Gasteiger partial charge in [0.2, 0.25) is 45.6 Å². The maximum Gasteiger partial charge on any atom is 0.227 e. The van der Waals surface area contributed by atoms with Crippen LogP contribution in [0.2, 0.25) is 0 Å². The van der Waals surface area contributed by atoms with Crippen LogP contribution in [0, 0.1) is 75.0 Å². The average Bonchev–Trinajstić information content (AvgIpc) is 1.57. The van der Waals surface area contributed by atoms with Crippen molar-refractivity contribution in [3.8, 4) is 89.5 Å². The maximum atomic E-state index is 13.5. The molecule has 131 heavy (non-hydrogen) atoms. The van der Waals surface area contributed by atoms with Crippen LogP contribution in [0.4, 0.5) is 4.39 Å². The zero-order chi connectivity index (χ0) is 92.4. The van der Waals surface area contributed by atoms with Crippen LogP contribution in [0.5, 0.6) is 0 Å². The number of nitrogens with zero attached hydrogens (tertiary/aromatic N) is 8. The lowest BCUT2D eigenvalue weighted by molar-refractivity contribution is -0.660. The van der Waals surface area contributed by atoms with E-state index in [2.05, 4.69) is 279 Å². The molecule has 0 saturated heterocycles. The van der Waals surface area contributed by atoms with Crippen molar-refractivity contribution in [2.45, 2.75) is 69.2 Å². The Labute approximate surface area is 762 Å². The highest BCUT2D eigenvalue weighted by molar-refractivity contribution is 6.27. The molecule has 12 aromatic carbocycles. The number of fused-ring (bicyclic) bond motifs is 20. The van der Waals surface area contributed by atoms with E-state index in [9.17, 15) is 4.39 Å². The van der Waals surface area contributed by atoms with Gasteiger partial charge in [0, 0.05) is 119 Å². The smallest absolute Gasteiger partial charge is 0.227 e. The molecule has 0 aliphatic heterocycles. The fraction of sp³-hybridized carbons (Fsp3) is 0.119. The Hall–Kier alpha value is -16.0. The monoisotopic (exact) mass is 1710 g/mol. The molecule has 12 aromatic heterocycles. The van der Waals surface area contributed by atoms with Crippen LogP contribution in [-0.4, -0.2) is 19.9 Å². The van der Waals surface area contributed by atoms with Crippen molar-refractivity contribution >= 4 is 131 Å². The lowest BCUT2D eigenvalue weighted by Gasteiger charge is -2.13. The number of hydrogen-bond acceptors (Lipinski definition) is 8. The Morgan fingerprint density at radius 1 is 0.275 bits per heavy atom. The predicted molar refractivity (Wildman–Crippen MR) is 532 cm³/mol. The van der Waals surface area contributed by atoms with Gasteiger partial charge in [-0.05, 0) is 240 Å². The van der Waals surface area contributed by atoms with Crippen LogP contribution in [-0.2, 0) is 28.2 Å². The number of rotatable bonds is 8. The third-order valence-electron chi connectivity index (χ3n) is 26.1. The molecule has 12 nitrogen and oxygen atoms in total. The highest BCUT2D eigenvalue weighted by Gasteiger charge is 2.32. The molecular weight excluding hydrogens is 1610 g/mol.